The molecule has 0 unspecified atom stereocenters. The normalized spacial score (nSPS) is 16.2. The fourth-order valence-corrected chi connectivity index (χ4v) is 2.78. The first kappa shape index (κ1) is 14.8. The predicted octanol–water partition coefficient (Wildman–Crippen LogP) is 2.91. The Bertz CT molecular complexity index is 360. The largest absolute Gasteiger partial charge is 0.401 e. The van der Waals surface area contributed by atoms with Crippen LogP contribution in [0.5, 0.6) is 0 Å². The van der Waals surface area contributed by atoms with Crippen molar-refractivity contribution in [1.82, 2.24) is 10.2 Å². The fraction of sp³-hybridized carbons (Fsp3) is 0.692. The highest BCUT2D eigenvalue weighted by Crippen LogP contribution is 2.29. The number of nitrogens with one attached hydrogen (secondary N) is 1. The van der Waals surface area contributed by atoms with Gasteiger partial charge >= 0.3 is 6.18 Å². The molecular formula is C13H19F3N2S. The van der Waals surface area contributed by atoms with E-state index >= 15 is 0 Å². The number of hydrogen-bond acceptors (Lipinski definition) is 3. The summed E-state index contributed by atoms with van der Waals surface area (Å²) in [5.41, 5.74) is 1.28. The van der Waals surface area contributed by atoms with Crippen LogP contribution in [0.1, 0.15) is 18.4 Å². The van der Waals surface area contributed by atoms with Crippen molar-refractivity contribution in [1.29, 1.82) is 0 Å². The second-order valence-corrected chi connectivity index (χ2v) is 5.73. The van der Waals surface area contributed by atoms with Crippen LogP contribution in [0.3, 0.4) is 0 Å². The Morgan fingerprint density at radius 1 is 1.32 bits per heavy atom. The molecule has 1 fully saturated rings. The van der Waals surface area contributed by atoms with Gasteiger partial charge in [-0.1, -0.05) is 0 Å². The molecule has 108 valence electrons. The van der Waals surface area contributed by atoms with Gasteiger partial charge in [-0.25, -0.2) is 0 Å². The van der Waals surface area contributed by atoms with Gasteiger partial charge in [0, 0.05) is 19.1 Å². The van der Waals surface area contributed by atoms with Crippen molar-refractivity contribution in [2.45, 2.75) is 31.5 Å². The topological polar surface area (TPSA) is 15.3 Å². The number of halogens is 3. The molecule has 1 aliphatic rings. The van der Waals surface area contributed by atoms with Crippen LogP contribution in [0.4, 0.5) is 13.2 Å². The summed E-state index contributed by atoms with van der Waals surface area (Å²) < 4.78 is 37.2. The molecule has 1 heterocycles. The molecule has 19 heavy (non-hydrogen) atoms. The van der Waals surface area contributed by atoms with Crippen LogP contribution in [0, 0.1) is 0 Å². The van der Waals surface area contributed by atoms with Crippen molar-refractivity contribution in [3.63, 3.8) is 0 Å². The number of thiophene rings is 1. The van der Waals surface area contributed by atoms with E-state index in [-0.39, 0.29) is 6.04 Å². The van der Waals surface area contributed by atoms with E-state index in [9.17, 15) is 13.2 Å². The van der Waals surface area contributed by atoms with E-state index in [0.717, 1.165) is 25.8 Å². The Balaban J connectivity index is 1.60. The molecule has 1 aromatic rings. The van der Waals surface area contributed by atoms with Crippen molar-refractivity contribution in [2.24, 2.45) is 0 Å². The Labute approximate surface area is 115 Å². The highest BCUT2D eigenvalue weighted by molar-refractivity contribution is 7.07. The van der Waals surface area contributed by atoms with Gasteiger partial charge < -0.3 is 5.32 Å². The summed E-state index contributed by atoms with van der Waals surface area (Å²) in [6, 6.07) is 2.23. The quantitative estimate of drug-likeness (QED) is 0.741. The molecule has 0 radical (unpaired) electrons. The smallest absolute Gasteiger partial charge is 0.315 e. The molecule has 2 rings (SSSR count). The molecule has 0 saturated heterocycles. The van der Waals surface area contributed by atoms with E-state index in [1.54, 1.807) is 16.2 Å². The van der Waals surface area contributed by atoms with Crippen LogP contribution in [-0.4, -0.2) is 43.3 Å². The summed E-state index contributed by atoms with van der Waals surface area (Å²) in [7, 11) is 0. The summed E-state index contributed by atoms with van der Waals surface area (Å²) in [5, 5.41) is 7.35. The van der Waals surface area contributed by atoms with E-state index in [2.05, 4.69) is 16.8 Å². The van der Waals surface area contributed by atoms with Crippen LogP contribution in [-0.2, 0) is 6.42 Å². The first-order valence-corrected chi connectivity index (χ1v) is 7.51. The molecule has 0 aliphatic heterocycles. The molecule has 2 nitrogen and oxygen atoms in total. The zero-order chi connectivity index (χ0) is 13.7. The predicted molar refractivity (Wildman–Crippen MR) is 71.5 cm³/mol. The third-order valence-electron chi connectivity index (χ3n) is 3.19. The van der Waals surface area contributed by atoms with Crippen LogP contribution in [0.15, 0.2) is 16.8 Å². The first-order chi connectivity index (χ1) is 9.04. The molecule has 0 spiro atoms. The van der Waals surface area contributed by atoms with E-state index in [0.29, 0.717) is 13.1 Å². The van der Waals surface area contributed by atoms with Gasteiger partial charge in [-0.3, -0.25) is 4.90 Å². The average Bonchev–Trinajstić information content (AvgIpc) is 3.04. The van der Waals surface area contributed by atoms with Crippen LogP contribution >= 0.6 is 11.3 Å². The van der Waals surface area contributed by atoms with Gasteiger partial charge in [0.2, 0.25) is 0 Å². The standard InChI is InChI=1S/C13H19F3N2S/c14-13(15,16)10-18(12-1-2-12)7-6-17-5-3-11-4-8-19-9-11/h4,8-9,12,17H,1-3,5-7,10H2. The Kier molecular flexibility index (Phi) is 5.24. The highest BCUT2D eigenvalue weighted by Gasteiger charge is 2.37. The zero-order valence-electron chi connectivity index (χ0n) is 10.7. The number of alkyl halides is 3. The summed E-state index contributed by atoms with van der Waals surface area (Å²) in [5.74, 6) is 0. The van der Waals surface area contributed by atoms with Gasteiger partial charge in [-0.2, -0.15) is 24.5 Å². The monoisotopic (exact) mass is 292 g/mol. The Morgan fingerprint density at radius 2 is 2.11 bits per heavy atom. The maximum atomic E-state index is 12.4. The van der Waals surface area contributed by atoms with Gasteiger partial charge in [0.05, 0.1) is 6.54 Å². The van der Waals surface area contributed by atoms with Crippen molar-refractivity contribution >= 4 is 11.3 Å². The fourth-order valence-electron chi connectivity index (χ4n) is 2.08. The van der Waals surface area contributed by atoms with Crippen LogP contribution in [0.25, 0.3) is 0 Å². The molecule has 0 amide bonds. The van der Waals surface area contributed by atoms with E-state index in [1.807, 2.05) is 5.38 Å². The van der Waals surface area contributed by atoms with E-state index < -0.39 is 12.7 Å². The summed E-state index contributed by atoms with van der Waals surface area (Å²) in [6.45, 7) is 1.15. The molecule has 1 N–H and O–H groups in total. The van der Waals surface area contributed by atoms with Crippen molar-refractivity contribution in [3.8, 4) is 0 Å². The molecule has 1 aliphatic carbocycles. The molecule has 6 heteroatoms. The number of nitrogens with zero attached hydrogens (tertiary/aromatic N) is 1. The lowest BCUT2D eigenvalue weighted by molar-refractivity contribution is -0.147. The average molecular weight is 292 g/mol. The van der Waals surface area contributed by atoms with Gasteiger partial charge in [0.25, 0.3) is 0 Å². The lowest BCUT2D eigenvalue weighted by atomic mass is 10.2. The minimum absolute atomic E-state index is 0.153. The van der Waals surface area contributed by atoms with Crippen LogP contribution < -0.4 is 5.32 Å². The highest BCUT2D eigenvalue weighted by atomic mass is 32.1. The van der Waals surface area contributed by atoms with Crippen molar-refractivity contribution in [2.75, 3.05) is 26.2 Å². The molecule has 0 bridgehead atoms. The summed E-state index contributed by atoms with van der Waals surface area (Å²) in [4.78, 5) is 1.55. The Morgan fingerprint density at radius 3 is 2.68 bits per heavy atom. The minimum atomic E-state index is -4.08. The second-order valence-electron chi connectivity index (χ2n) is 4.95. The molecule has 1 saturated carbocycles. The first-order valence-electron chi connectivity index (χ1n) is 6.57. The second kappa shape index (κ2) is 6.72. The zero-order valence-corrected chi connectivity index (χ0v) is 11.6. The van der Waals surface area contributed by atoms with Crippen LogP contribution in [0.2, 0.25) is 0 Å². The molecule has 0 atom stereocenters. The third kappa shape index (κ3) is 5.93. The lowest BCUT2D eigenvalue weighted by Gasteiger charge is -2.23. The molecule has 1 aromatic heterocycles. The van der Waals surface area contributed by atoms with Gasteiger partial charge in [0.15, 0.2) is 0 Å². The maximum absolute atomic E-state index is 12.4. The summed E-state index contributed by atoms with van der Waals surface area (Å²) in [6.07, 6.45) is -1.33. The van der Waals surface area contributed by atoms with Crippen molar-refractivity contribution in [3.05, 3.63) is 22.4 Å². The number of rotatable bonds is 8. The van der Waals surface area contributed by atoms with Gasteiger partial charge in [-0.15, -0.1) is 0 Å². The van der Waals surface area contributed by atoms with E-state index in [4.69, 9.17) is 0 Å². The number of hydrogen-bond donors (Lipinski definition) is 1. The SMILES string of the molecule is FC(F)(F)CN(CCNCCc1ccsc1)C1CC1. The Hall–Kier alpha value is -0.590. The minimum Gasteiger partial charge on any atom is -0.315 e. The summed E-state index contributed by atoms with van der Waals surface area (Å²) >= 11 is 1.67. The molecular weight excluding hydrogens is 273 g/mol. The third-order valence-corrected chi connectivity index (χ3v) is 3.92. The molecule has 0 aromatic carbocycles. The van der Waals surface area contributed by atoms with Crippen molar-refractivity contribution < 1.29 is 13.2 Å². The maximum Gasteiger partial charge on any atom is 0.401 e. The lowest BCUT2D eigenvalue weighted by Crippen LogP contribution is -2.40. The van der Waals surface area contributed by atoms with Gasteiger partial charge in [0.1, 0.15) is 0 Å². The van der Waals surface area contributed by atoms with E-state index in [1.165, 1.54) is 5.56 Å². The van der Waals surface area contributed by atoms with Gasteiger partial charge in [-0.05, 0) is 48.2 Å².